The molecule has 1 aromatic heterocycles. The standard InChI is InChI=1S/C13H16N2S/c1-8-4-5-11(9(2)6-8)13-15-10(3)12(7-14)16-13/h4-6H,7,14H2,1-3H3. The van der Waals surface area contributed by atoms with Gasteiger partial charge >= 0.3 is 0 Å². The minimum atomic E-state index is 0.578. The first-order valence-electron chi connectivity index (χ1n) is 5.36. The number of aromatic nitrogens is 1. The number of nitrogens with zero attached hydrogens (tertiary/aromatic N) is 1. The van der Waals surface area contributed by atoms with E-state index in [0.29, 0.717) is 6.54 Å². The van der Waals surface area contributed by atoms with Crippen LogP contribution in [0.4, 0.5) is 0 Å². The van der Waals surface area contributed by atoms with Crippen LogP contribution in [0.3, 0.4) is 0 Å². The van der Waals surface area contributed by atoms with Crippen LogP contribution in [0.5, 0.6) is 0 Å². The average Bonchev–Trinajstić information content (AvgIpc) is 2.59. The highest BCUT2D eigenvalue weighted by molar-refractivity contribution is 7.15. The van der Waals surface area contributed by atoms with E-state index in [2.05, 4.69) is 37.0 Å². The van der Waals surface area contributed by atoms with E-state index in [9.17, 15) is 0 Å². The Morgan fingerprint density at radius 1 is 1.25 bits per heavy atom. The molecule has 0 spiro atoms. The zero-order valence-electron chi connectivity index (χ0n) is 9.87. The van der Waals surface area contributed by atoms with Crippen molar-refractivity contribution in [2.75, 3.05) is 0 Å². The van der Waals surface area contributed by atoms with Crippen molar-refractivity contribution in [1.82, 2.24) is 4.98 Å². The summed E-state index contributed by atoms with van der Waals surface area (Å²) in [7, 11) is 0. The first kappa shape index (κ1) is 11.3. The van der Waals surface area contributed by atoms with Crippen LogP contribution in [-0.4, -0.2) is 4.98 Å². The maximum atomic E-state index is 5.67. The Hall–Kier alpha value is -1.19. The van der Waals surface area contributed by atoms with Gasteiger partial charge in [-0.05, 0) is 26.3 Å². The lowest BCUT2D eigenvalue weighted by molar-refractivity contribution is 1.06. The molecule has 3 heteroatoms. The molecule has 0 fully saturated rings. The molecule has 2 N–H and O–H groups in total. The maximum Gasteiger partial charge on any atom is 0.124 e. The zero-order chi connectivity index (χ0) is 11.7. The molecule has 2 nitrogen and oxygen atoms in total. The number of benzene rings is 1. The molecule has 0 radical (unpaired) electrons. The summed E-state index contributed by atoms with van der Waals surface area (Å²) < 4.78 is 0. The minimum absolute atomic E-state index is 0.578. The number of nitrogens with two attached hydrogens (primary N) is 1. The summed E-state index contributed by atoms with van der Waals surface area (Å²) in [5.74, 6) is 0. The molecule has 0 bridgehead atoms. The summed E-state index contributed by atoms with van der Waals surface area (Å²) in [5, 5.41) is 1.08. The second-order valence-electron chi connectivity index (χ2n) is 4.05. The summed E-state index contributed by atoms with van der Waals surface area (Å²) >= 11 is 1.70. The van der Waals surface area contributed by atoms with E-state index < -0.39 is 0 Å². The number of thiazole rings is 1. The van der Waals surface area contributed by atoms with Gasteiger partial charge in [-0.25, -0.2) is 4.98 Å². The summed E-state index contributed by atoms with van der Waals surface area (Å²) in [6, 6.07) is 6.46. The maximum absolute atomic E-state index is 5.67. The van der Waals surface area contributed by atoms with Crippen LogP contribution in [0.15, 0.2) is 18.2 Å². The first-order valence-corrected chi connectivity index (χ1v) is 6.17. The average molecular weight is 232 g/mol. The third kappa shape index (κ3) is 2.01. The predicted octanol–water partition coefficient (Wildman–Crippen LogP) is 3.19. The van der Waals surface area contributed by atoms with Crippen LogP contribution in [0.1, 0.15) is 21.7 Å². The highest BCUT2D eigenvalue weighted by Gasteiger charge is 2.09. The lowest BCUT2D eigenvalue weighted by atomic mass is 10.1. The quantitative estimate of drug-likeness (QED) is 0.863. The number of aryl methyl sites for hydroxylation is 3. The molecule has 2 aromatic rings. The summed E-state index contributed by atoms with van der Waals surface area (Å²) in [6.07, 6.45) is 0. The lowest BCUT2D eigenvalue weighted by Crippen LogP contribution is -1.94. The molecule has 2 rings (SSSR count). The Balaban J connectivity index is 2.50. The van der Waals surface area contributed by atoms with Crippen molar-refractivity contribution in [3.63, 3.8) is 0 Å². The van der Waals surface area contributed by atoms with Crippen LogP contribution in [0.2, 0.25) is 0 Å². The highest BCUT2D eigenvalue weighted by atomic mass is 32.1. The molecular formula is C13H16N2S. The summed E-state index contributed by atoms with van der Waals surface area (Å²) in [4.78, 5) is 5.76. The molecule has 0 amide bonds. The van der Waals surface area contributed by atoms with Gasteiger partial charge in [-0.2, -0.15) is 0 Å². The Morgan fingerprint density at radius 3 is 2.56 bits per heavy atom. The van der Waals surface area contributed by atoms with Gasteiger partial charge in [-0.3, -0.25) is 0 Å². The second-order valence-corrected chi connectivity index (χ2v) is 5.13. The van der Waals surface area contributed by atoms with Gasteiger partial charge < -0.3 is 5.73 Å². The van der Waals surface area contributed by atoms with Crippen molar-refractivity contribution in [2.45, 2.75) is 27.3 Å². The molecule has 0 saturated carbocycles. The smallest absolute Gasteiger partial charge is 0.124 e. The summed E-state index contributed by atoms with van der Waals surface area (Å²) in [6.45, 7) is 6.83. The van der Waals surface area contributed by atoms with E-state index in [4.69, 9.17) is 5.73 Å². The highest BCUT2D eigenvalue weighted by Crippen LogP contribution is 2.30. The molecule has 0 aliphatic heterocycles. The third-order valence-electron chi connectivity index (χ3n) is 2.69. The Kier molecular flexibility index (Phi) is 3.08. The van der Waals surface area contributed by atoms with Crippen molar-refractivity contribution in [2.24, 2.45) is 5.73 Å². The van der Waals surface area contributed by atoms with Gasteiger partial charge in [0.25, 0.3) is 0 Å². The van der Waals surface area contributed by atoms with Gasteiger partial charge in [-0.1, -0.05) is 23.8 Å². The van der Waals surface area contributed by atoms with Crippen LogP contribution in [0, 0.1) is 20.8 Å². The van der Waals surface area contributed by atoms with Gasteiger partial charge in [0.05, 0.1) is 5.69 Å². The van der Waals surface area contributed by atoms with Crippen LogP contribution in [-0.2, 0) is 6.54 Å². The van der Waals surface area contributed by atoms with Crippen molar-refractivity contribution < 1.29 is 0 Å². The molecule has 0 aliphatic rings. The molecule has 1 heterocycles. The van der Waals surface area contributed by atoms with Crippen LogP contribution in [0.25, 0.3) is 10.6 Å². The van der Waals surface area contributed by atoms with Crippen LogP contribution < -0.4 is 5.73 Å². The SMILES string of the molecule is Cc1ccc(-c2nc(C)c(CN)s2)c(C)c1. The first-order chi connectivity index (χ1) is 7.61. The molecule has 1 aromatic carbocycles. The molecule has 0 saturated heterocycles. The Morgan fingerprint density at radius 2 is 2.00 bits per heavy atom. The van der Waals surface area contributed by atoms with Crippen molar-refractivity contribution in [3.8, 4) is 10.6 Å². The fourth-order valence-corrected chi connectivity index (χ4v) is 2.82. The largest absolute Gasteiger partial charge is 0.326 e. The van der Waals surface area contributed by atoms with Crippen molar-refractivity contribution >= 4 is 11.3 Å². The number of rotatable bonds is 2. The Bertz CT molecular complexity index is 515. The van der Waals surface area contributed by atoms with Gasteiger partial charge in [0.2, 0.25) is 0 Å². The molecule has 0 atom stereocenters. The van der Waals surface area contributed by atoms with Gasteiger partial charge in [-0.15, -0.1) is 11.3 Å². The van der Waals surface area contributed by atoms with Crippen LogP contribution >= 0.6 is 11.3 Å². The van der Waals surface area contributed by atoms with Gasteiger partial charge in [0.1, 0.15) is 5.01 Å². The van der Waals surface area contributed by atoms with Crippen molar-refractivity contribution in [1.29, 1.82) is 0 Å². The number of hydrogen-bond donors (Lipinski definition) is 1. The fraction of sp³-hybridized carbons (Fsp3) is 0.308. The zero-order valence-corrected chi connectivity index (χ0v) is 10.7. The second kappa shape index (κ2) is 4.36. The van der Waals surface area contributed by atoms with E-state index in [0.717, 1.165) is 10.7 Å². The topological polar surface area (TPSA) is 38.9 Å². The summed E-state index contributed by atoms with van der Waals surface area (Å²) in [5.41, 5.74) is 10.5. The predicted molar refractivity (Wildman–Crippen MR) is 69.7 cm³/mol. The number of hydrogen-bond acceptors (Lipinski definition) is 3. The molecule has 84 valence electrons. The van der Waals surface area contributed by atoms with E-state index in [1.54, 1.807) is 11.3 Å². The van der Waals surface area contributed by atoms with E-state index in [1.165, 1.54) is 21.6 Å². The Labute approximate surface area is 100 Å². The molecule has 0 unspecified atom stereocenters. The van der Waals surface area contributed by atoms with Crippen molar-refractivity contribution in [3.05, 3.63) is 39.9 Å². The third-order valence-corrected chi connectivity index (χ3v) is 3.90. The molecule has 0 aliphatic carbocycles. The van der Waals surface area contributed by atoms with E-state index in [1.807, 2.05) is 6.92 Å². The molecule has 16 heavy (non-hydrogen) atoms. The molecular weight excluding hydrogens is 216 g/mol. The lowest BCUT2D eigenvalue weighted by Gasteiger charge is -2.02. The van der Waals surface area contributed by atoms with Gasteiger partial charge in [0.15, 0.2) is 0 Å². The monoisotopic (exact) mass is 232 g/mol. The van der Waals surface area contributed by atoms with E-state index in [-0.39, 0.29) is 0 Å². The van der Waals surface area contributed by atoms with Gasteiger partial charge in [0, 0.05) is 17.0 Å². The normalized spacial score (nSPS) is 10.8. The fourth-order valence-electron chi connectivity index (χ4n) is 1.79. The van der Waals surface area contributed by atoms with E-state index >= 15 is 0 Å². The minimum Gasteiger partial charge on any atom is -0.326 e.